The number of carbonyl (C=O) groups is 4. The first-order valence-electron chi connectivity index (χ1n) is 6.37. The molecule has 0 aliphatic carbocycles. The van der Waals surface area contributed by atoms with Crippen molar-refractivity contribution in [3.63, 3.8) is 0 Å². The SMILES string of the molecule is O=C([O-])c1cc(-c2ccccc2)c(C(=O)[O-])c(C(=O)[O-])c1C(=O)[O-].[Na+].[Na+].[Na+].[Na+]. The second kappa shape index (κ2) is 14.3. The van der Waals surface area contributed by atoms with E-state index in [4.69, 9.17) is 0 Å². The average Bonchev–Trinajstić information content (AvgIpc) is 2.53. The summed E-state index contributed by atoms with van der Waals surface area (Å²) < 4.78 is 0. The number of carboxylic acids is 4. The van der Waals surface area contributed by atoms with Crippen molar-refractivity contribution in [1.29, 1.82) is 0 Å². The number of aromatic carboxylic acids is 4. The topological polar surface area (TPSA) is 161 Å². The van der Waals surface area contributed by atoms with Gasteiger partial charge in [-0.1, -0.05) is 30.3 Å². The molecule has 28 heavy (non-hydrogen) atoms. The van der Waals surface area contributed by atoms with Crippen LogP contribution in [0.5, 0.6) is 0 Å². The van der Waals surface area contributed by atoms with E-state index in [9.17, 15) is 39.6 Å². The normalized spacial score (nSPS) is 8.71. The Morgan fingerprint density at radius 1 is 0.571 bits per heavy atom. The molecular weight excluding hydrogens is 412 g/mol. The molecule has 0 radical (unpaired) electrons. The zero-order chi connectivity index (χ0) is 18.0. The van der Waals surface area contributed by atoms with E-state index in [1.54, 1.807) is 6.07 Å². The summed E-state index contributed by atoms with van der Waals surface area (Å²) in [5, 5.41) is 45.1. The molecular formula is C16H6Na4O8. The Morgan fingerprint density at radius 3 is 1.36 bits per heavy atom. The molecule has 2 aromatic rings. The molecule has 0 heterocycles. The van der Waals surface area contributed by atoms with Crippen LogP contribution < -0.4 is 139 Å². The second-order valence-corrected chi connectivity index (χ2v) is 4.61. The van der Waals surface area contributed by atoms with Gasteiger partial charge in [0.1, 0.15) is 0 Å². The van der Waals surface area contributed by atoms with Crippen LogP contribution in [0, 0.1) is 0 Å². The van der Waals surface area contributed by atoms with Gasteiger partial charge >= 0.3 is 118 Å². The summed E-state index contributed by atoms with van der Waals surface area (Å²) in [6.45, 7) is 0. The van der Waals surface area contributed by atoms with Crippen molar-refractivity contribution in [2.45, 2.75) is 0 Å². The first kappa shape index (κ1) is 33.0. The van der Waals surface area contributed by atoms with E-state index >= 15 is 0 Å². The molecule has 0 N–H and O–H groups in total. The molecule has 0 unspecified atom stereocenters. The standard InChI is InChI=1S/C16H10O8.4Na/c17-13(18)9-6-8(7-4-2-1-3-5-7)10(14(19)20)12(16(23)24)11(9)15(21)22;;;;/h1-6H,(H,17,18)(H,19,20)(H,21,22)(H,23,24);;;;/q;4*+1/p-4. The molecule has 0 amide bonds. The van der Waals surface area contributed by atoms with Gasteiger partial charge in [-0.3, -0.25) is 0 Å². The van der Waals surface area contributed by atoms with Crippen molar-refractivity contribution in [2.75, 3.05) is 0 Å². The summed E-state index contributed by atoms with van der Waals surface area (Å²) >= 11 is 0. The average molecular weight is 418 g/mol. The third kappa shape index (κ3) is 7.23. The summed E-state index contributed by atoms with van der Waals surface area (Å²) in [6, 6.07) is 7.98. The summed E-state index contributed by atoms with van der Waals surface area (Å²) in [6.07, 6.45) is 0. The van der Waals surface area contributed by atoms with Gasteiger partial charge in [-0.2, -0.15) is 0 Å². The molecule has 8 nitrogen and oxygen atoms in total. The minimum Gasteiger partial charge on any atom is -0.545 e. The Kier molecular flexibility index (Phi) is 16.9. The van der Waals surface area contributed by atoms with Crippen molar-refractivity contribution in [1.82, 2.24) is 0 Å². The van der Waals surface area contributed by atoms with E-state index in [0.29, 0.717) is 6.07 Å². The third-order valence-corrected chi connectivity index (χ3v) is 3.24. The van der Waals surface area contributed by atoms with Gasteiger partial charge in [-0.25, -0.2) is 0 Å². The molecule has 0 bridgehead atoms. The zero-order valence-corrected chi connectivity index (χ0v) is 23.7. The van der Waals surface area contributed by atoms with Gasteiger partial charge in [0.15, 0.2) is 0 Å². The second-order valence-electron chi connectivity index (χ2n) is 4.61. The Labute approximate surface area is 247 Å². The van der Waals surface area contributed by atoms with Crippen molar-refractivity contribution in [3.05, 3.63) is 58.7 Å². The summed E-state index contributed by atoms with van der Waals surface area (Å²) in [5.41, 5.74) is -5.00. The molecule has 0 saturated heterocycles. The molecule has 12 heteroatoms. The summed E-state index contributed by atoms with van der Waals surface area (Å²) in [5.74, 6) is -8.43. The van der Waals surface area contributed by atoms with Crippen LogP contribution in [-0.4, -0.2) is 23.9 Å². The van der Waals surface area contributed by atoms with Crippen molar-refractivity contribution in [2.24, 2.45) is 0 Å². The maximum atomic E-state index is 11.4. The van der Waals surface area contributed by atoms with Crippen molar-refractivity contribution < 1.29 is 158 Å². The van der Waals surface area contributed by atoms with Crippen LogP contribution in [0.2, 0.25) is 0 Å². The van der Waals surface area contributed by atoms with Crippen LogP contribution in [-0.2, 0) is 0 Å². The van der Waals surface area contributed by atoms with Gasteiger partial charge < -0.3 is 39.6 Å². The van der Waals surface area contributed by atoms with Gasteiger partial charge in [0.25, 0.3) is 0 Å². The molecule has 0 spiro atoms. The number of carbonyl (C=O) groups excluding carboxylic acids is 4. The molecule has 122 valence electrons. The third-order valence-electron chi connectivity index (χ3n) is 3.24. The van der Waals surface area contributed by atoms with Crippen LogP contribution in [0.25, 0.3) is 11.1 Å². The molecule has 0 aliphatic heterocycles. The van der Waals surface area contributed by atoms with Gasteiger partial charge in [-0.05, 0) is 17.2 Å². The molecule has 0 atom stereocenters. The predicted octanol–water partition coefficient (Wildman–Crippen LogP) is -15.2. The Hall–Kier alpha value is 0.320. The van der Waals surface area contributed by atoms with Crippen LogP contribution in [0.3, 0.4) is 0 Å². The predicted molar refractivity (Wildman–Crippen MR) is 69.2 cm³/mol. The number of benzene rings is 2. The van der Waals surface area contributed by atoms with E-state index in [2.05, 4.69) is 0 Å². The van der Waals surface area contributed by atoms with E-state index in [0.717, 1.165) is 0 Å². The molecule has 2 aromatic carbocycles. The summed E-state index contributed by atoms with van der Waals surface area (Å²) in [7, 11) is 0. The van der Waals surface area contributed by atoms with Gasteiger partial charge in [0.05, 0.1) is 23.9 Å². The van der Waals surface area contributed by atoms with Gasteiger partial charge in [0, 0.05) is 22.3 Å². The quantitative estimate of drug-likeness (QED) is 0.433. The molecule has 0 saturated carbocycles. The fraction of sp³-hybridized carbons (Fsp3) is 0. The monoisotopic (exact) mass is 418 g/mol. The Bertz CT molecular complexity index is 884. The molecule has 2 rings (SSSR count). The maximum absolute atomic E-state index is 11.4. The van der Waals surface area contributed by atoms with Crippen LogP contribution in [0.1, 0.15) is 41.4 Å². The Balaban J connectivity index is -0.00000156. The van der Waals surface area contributed by atoms with Crippen molar-refractivity contribution in [3.8, 4) is 11.1 Å². The zero-order valence-electron chi connectivity index (χ0n) is 15.7. The minimum atomic E-state index is -2.20. The van der Waals surface area contributed by atoms with Crippen LogP contribution in [0.15, 0.2) is 36.4 Å². The van der Waals surface area contributed by atoms with E-state index < -0.39 is 46.1 Å². The largest absolute Gasteiger partial charge is 1.00 e. The summed E-state index contributed by atoms with van der Waals surface area (Å²) in [4.78, 5) is 45.1. The number of carboxylic acid groups (broad SMARTS) is 4. The van der Waals surface area contributed by atoms with Gasteiger partial charge in [0.2, 0.25) is 0 Å². The molecule has 0 fully saturated rings. The first-order chi connectivity index (χ1) is 11.3. The maximum Gasteiger partial charge on any atom is 1.00 e. The fourth-order valence-electron chi connectivity index (χ4n) is 2.32. The first-order valence-corrected chi connectivity index (χ1v) is 6.37. The minimum absolute atomic E-state index is 0. The number of hydrogen-bond donors (Lipinski definition) is 0. The van der Waals surface area contributed by atoms with E-state index in [-0.39, 0.29) is 129 Å². The van der Waals surface area contributed by atoms with Crippen LogP contribution in [0.4, 0.5) is 0 Å². The number of rotatable bonds is 5. The molecule has 0 aromatic heterocycles. The van der Waals surface area contributed by atoms with E-state index in [1.807, 2.05) is 0 Å². The van der Waals surface area contributed by atoms with E-state index in [1.165, 1.54) is 24.3 Å². The smallest absolute Gasteiger partial charge is 0.545 e. The molecule has 0 aliphatic rings. The van der Waals surface area contributed by atoms with Crippen LogP contribution >= 0.6 is 0 Å². The van der Waals surface area contributed by atoms with Crippen molar-refractivity contribution >= 4 is 23.9 Å². The van der Waals surface area contributed by atoms with Gasteiger partial charge in [-0.15, -0.1) is 0 Å². The number of hydrogen-bond acceptors (Lipinski definition) is 8. The fourth-order valence-corrected chi connectivity index (χ4v) is 2.32. The Morgan fingerprint density at radius 2 is 1.00 bits per heavy atom.